The van der Waals surface area contributed by atoms with Crippen molar-refractivity contribution in [2.75, 3.05) is 21.3 Å². The van der Waals surface area contributed by atoms with Crippen molar-refractivity contribution >= 4 is 46.4 Å². The van der Waals surface area contributed by atoms with E-state index in [-0.39, 0.29) is 12.8 Å². The van der Waals surface area contributed by atoms with Gasteiger partial charge in [-0.25, -0.2) is 0 Å². The number of hydrogen-bond acceptors (Lipinski definition) is 4. The van der Waals surface area contributed by atoms with E-state index >= 15 is 0 Å². The van der Waals surface area contributed by atoms with Gasteiger partial charge in [-0.2, -0.15) is 0 Å². The van der Waals surface area contributed by atoms with Crippen molar-refractivity contribution in [1.82, 2.24) is 0 Å². The Morgan fingerprint density at radius 3 is 0.854 bits per heavy atom. The van der Waals surface area contributed by atoms with Crippen molar-refractivity contribution in [3.05, 3.63) is 119 Å². The Hall–Kier alpha value is -5.24. The van der Waals surface area contributed by atoms with Crippen LogP contribution >= 0.6 is 0 Å². The maximum absolute atomic E-state index is 14.0. The standard InChI is InChI=1S/C40H46N4O4/c1-5-27-9-17-31(18-10-27)41-37(45)25-35(39(47)43-33-21-13-29(7-3)14-22-33)36(40(48)44-34-23-15-30(8-4)16-24-34)26-38(46)42-32-19-11-28(6-2)12-20-32/h9-24,35-36H,5-8,25-26H2,1-4H3,(H,41,45)(H,42,46)(H,43,47)(H,44,48). The van der Waals surface area contributed by atoms with Gasteiger partial charge in [-0.05, 0) is 96.5 Å². The number of aryl methyl sites for hydroxylation is 4. The lowest BCUT2D eigenvalue weighted by Gasteiger charge is -2.25. The second-order valence-corrected chi connectivity index (χ2v) is 11.9. The van der Waals surface area contributed by atoms with Gasteiger partial charge < -0.3 is 21.3 Å². The molecule has 0 aromatic heterocycles. The second-order valence-electron chi connectivity index (χ2n) is 11.9. The number of carbonyl (C=O) groups is 4. The molecule has 0 spiro atoms. The average molecular weight is 647 g/mol. The summed E-state index contributed by atoms with van der Waals surface area (Å²) in [5, 5.41) is 11.5. The quantitative estimate of drug-likeness (QED) is 0.105. The minimum Gasteiger partial charge on any atom is -0.326 e. The lowest BCUT2D eigenvalue weighted by Crippen LogP contribution is -2.40. The molecule has 4 N–H and O–H groups in total. The third-order valence-corrected chi connectivity index (χ3v) is 8.52. The normalized spacial score (nSPS) is 12.0. The molecule has 250 valence electrons. The summed E-state index contributed by atoms with van der Waals surface area (Å²) in [5.74, 6) is -4.29. The van der Waals surface area contributed by atoms with E-state index in [1.807, 2.05) is 100 Å². The molecule has 2 atom stereocenters. The van der Waals surface area contributed by atoms with Crippen molar-refractivity contribution in [2.45, 2.75) is 66.2 Å². The Bertz CT molecular complexity index is 1540. The predicted molar refractivity (Wildman–Crippen MR) is 194 cm³/mol. The Labute approximate surface area is 283 Å². The molecule has 0 aliphatic rings. The van der Waals surface area contributed by atoms with Crippen molar-refractivity contribution in [2.24, 2.45) is 11.8 Å². The molecule has 0 saturated carbocycles. The molecule has 0 aliphatic heterocycles. The van der Waals surface area contributed by atoms with Crippen LogP contribution < -0.4 is 21.3 Å². The first-order chi connectivity index (χ1) is 23.2. The first-order valence-electron chi connectivity index (χ1n) is 16.8. The van der Waals surface area contributed by atoms with Gasteiger partial charge in [0, 0.05) is 35.6 Å². The monoisotopic (exact) mass is 646 g/mol. The van der Waals surface area contributed by atoms with E-state index in [1.54, 1.807) is 24.3 Å². The second kappa shape index (κ2) is 17.6. The van der Waals surface area contributed by atoms with Crippen molar-refractivity contribution in [3.63, 3.8) is 0 Å². The fraction of sp³-hybridized carbons (Fsp3) is 0.300. The molecule has 0 saturated heterocycles. The Kier molecular flexibility index (Phi) is 13.1. The van der Waals surface area contributed by atoms with Gasteiger partial charge in [0.1, 0.15) is 0 Å². The zero-order chi connectivity index (χ0) is 34.5. The first kappa shape index (κ1) is 35.6. The van der Waals surface area contributed by atoms with Crippen LogP contribution in [-0.4, -0.2) is 23.6 Å². The summed E-state index contributed by atoms with van der Waals surface area (Å²) < 4.78 is 0. The summed E-state index contributed by atoms with van der Waals surface area (Å²) in [4.78, 5) is 55.0. The van der Waals surface area contributed by atoms with Crippen molar-refractivity contribution < 1.29 is 19.2 Å². The molecule has 48 heavy (non-hydrogen) atoms. The van der Waals surface area contributed by atoms with Gasteiger partial charge in [0.2, 0.25) is 23.6 Å². The zero-order valence-corrected chi connectivity index (χ0v) is 28.3. The molecular formula is C40H46N4O4. The van der Waals surface area contributed by atoms with Gasteiger partial charge in [0.15, 0.2) is 0 Å². The van der Waals surface area contributed by atoms with E-state index < -0.39 is 35.5 Å². The summed E-state index contributed by atoms with van der Waals surface area (Å²) in [5.41, 5.74) is 6.69. The Balaban J connectivity index is 1.64. The van der Waals surface area contributed by atoms with Gasteiger partial charge >= 0.3 is 0 Å². The largest absolute Gasteiger partial charge is 0.326 e. The molecular weight excluding hydrogens is 600 g/mol. The van der Waals surface area contributed by atoms with Gasteiger partial charge in [-0.1, -0.05) is 76.2 Å². The Morgan fingerprint density at radius 2 is 0.625 bits per heavy atom. The number of benzene rings is 4. The van der Waals surface area contributed by atoms with Crippen molar-refractivity contribution in [1.29, 1.82) is 0 Å². The summed E-state index contributed by atoms with van der Waals surface area (Å²) in [6, 6.07) is 29.8. The van der Waals surface area contributed by atoms with E-state index in [0.717, 1.165) is 47.9 Å². The number of hydrogen-bond donors (Lipinski definition) is 4. The molecule has 0 bridgehead atoms. The first-order valence-corrected chi connectivity index (χ1v) is 16.8. The molecule has 0 heterocycles. The van der Waals surface area contributed by atoms with Gasteiger partial charge in [0.25, 0.3) is 0 Å². The van der Waals surface area contributed by atoms with E-state index in [1.165, 1.54) is 0 Å². The summed E-state index contributed by atoms with van der Waals surface area (Å²) in [6.07, 6.45) is 2.76. The highest BCUT2D eigenvalue weighted by molar-refractivity contribution is 6.05. The van der Waals surface area contributed by atoms with E-state index in [4.69, 9.17) is 0 Å². The number of nitrogens with one attached hydrogen (secondary N) is 4. The topological polar surface area (TPSA) is 116 Å². The summed E-state index contributed by atoms with van der Waals surface area (Å²) in [7, 11) is 0. The smallest absolute Gasteiger partial charge is 0.228 e. The maximum atomic E-state index is 14.0. The Morgan fingerprint density at radius 1 is 0.396 bits per heavy atom. The highest BCUT2D eigenvalue weighted by atomic mass is 16.2. The molecule has 0 radical (unpaired) electrons. The highest BCUT2D eigenvalue weighted by Crippen LogP contribution is 2.27. The van der Waals surface area contributed by atoms with Crippen LogP contribution in [0.3, 0.4) is 0 Å². The van der Waals surface area contributed by atoms with Crippen LogP contribution in [0.2, 0.25) is 0 Å². The molecule has 2 unspecified atom stereocenters. The third-order valence-electron chi connectivity index (χ3n) is 8.52. The lowest BCUT2D eigenvalue weighted by atomic mass is 9.84. The molecule has 8 nitrogen and oxygen atoms in total. The number of carbonyl (C=O) groups excluding carboxylic acids is 4. The lowest BCUT2D eigenvalue weighted by molar-refractivity contribution is -0.134. The SMILES string of the molecule is CCc1ccc(NC(=O)CC(C(=O)Nc2ccc(CC)cc2)C(CC(=O)Nc2ccc(CC)cc2)C(=O)Nc2ccc(CC)cc2)cc1. The number of amides is 4. The van der Waals surface area contributed by atoms with Gasteiger partial charge in [0.05, 0.1) is 11.8 Å². The van der Waals surface area contributed by atoms with Crippen LogP contribution in [0.5, 0.6) is 0 Å². The van der Waals surface area contributed by atoms with Crippen LogP contribution in [0.4, 0.5) is 22.7 Å². The average Bonchev–Trinajstić information content (AvgIpc) is 3.11. The molecule has 0 aliphatic carbocycles. The van der Waals surface area contributed by atoms with Crippen molar-refractivity contribution in [3.8, 4) is 0 Å². The molecule has 4 aromatic rings. The molecule has 4 amide bonds. The fourth-order valence-corrected chi connectivity index (χ4v) is 5.42. The minimum atomic E-state index is -1.17. The van der Waals surface area contributed by atoms with Crippen LogP contribution in [0.25, 0.3) is 0 Å². The van der Waals surface area contributed by atoms with Crippen LogP contribution in [0.15, 0.2) is 97.1 Å². The third kappa shape index (κ3) is 10.4. The zero-order valence-electron chi connectivity index (χ0n) is 28.3. The molecule has 4 aromatic carbocycles. The molecule has 8 heteroatoms. The van der Waals surface area contributed by atoms with Crippen LogP contribution in [0.1, 0.15) is 62.8 Å². The summed E-state index contributed by atoms with van der Waals surface area (Å²) in [6.45, 7) is 8.18. The fourth-order valence-electron chi connectivity index (χ4n) is 5.42. The molecule has 4 rings (SSSR count). The molecule has 0 fully saturated rings. The summed E-state index contributed by atoms with van der Waals surface area (Å²) >= 11 is 0. The van der Waals surface area contributed by atoms with E-state index in [0.29, 0.717) is 22.7 Å². The van der Waals surface area contributed by atoms with Crippen LogP contribution in [0, 0.1) is 11.8 Å². The van der Waals surface area contributed by atoms with Gasteiger partial charge in [-0.15, -0.1) is 0 Å². The number of anilines is 4. The van der Waals surface area contributed by atoms with E-state index in [2.05, 4.69) is 21.3 Å². The maximum Gasteiger partial charge on any atom is 0.228 e. The highest BCUT2D eigenvalue weighted by Gasteiger charge is 2.37. The van der Waals surface area contributed by atoms with Crippen LogP contribution in [-0.2, 0) is 44.9 Å². The number of rotatable bonds is 15. The van der Waals surface area contributed by atoms with Gasteiger partial charge in [-0.3, -0.25) is 19.2 Å². The minimum absolute atomic E-state index is 0.320. The van der Waals surface area contributed by atoms with E-state index in [9.17, 15) is 19.2 Å². The predicted octanol–water partition coefficient (Wildman–Crippen LogP) is 7.80.